The molecule has 150 valence electrons. The molecule has 1 aromatic heterocycles. The zero-order valence-electron chi connectivity index (χ0n) is 17.0. The molecule has 6 heteroatoms. The van der Waals surface area contributed by atoms with Crippen molar-refractivity contribution in [2.75, 3.05) is 5.32 Å². The van der Waals surface area contributed by atoms with Crippen LogP contribution in [-0.2, 0) is 0 Å². The molecule has 0 spiro atoms. The Morgan fingerprint density at radius 1 is 0.933 bits per heavy atom. The molecule has 0 fully saturated rings. The molecule has 1 N–H and O–H groups in total. The highest BCUT2D eigenvalue weighted by atomic mass is 19.1. The quantitative estimate of drug-likeness (QED) is 0.509. The SMILES string of the molecule is Cc1ccc(NC(=O)c2nc(-c3ccc(F)cc3)n(-c3ccccc3C)n2)c(C)c1. The Bertz CT molecular complexity index is 1230. The normalized spacial score (nSPS) is 10.8. The minimum atomic E-state index is -0.405. The number of para-hydroxylation sites is 1. The summed E-state index contributed by atoms with van der Waals surface area (Å²) in [5.74, 6) is -0.237. The molecule has 0 aliphatic rings. The molecule has 0 unspecified atom stereocenters. The second kappa shape index (κ2) is 7.91. The molecular formula is C24H21FN4O. The Balaban J connectivity index is 1.77. The Morgan fingerprint density at radius 3 is 2.37 bits per heavy atom. The highest BCUT2D eigenvalue weighted by Gasteiger charge is 2.20. The van der Waals surface area contributed by atoms with Gasteiger partial charge in [-0.05, 0) is 68.3 Å². The third-order valence-electron chi connectivity index (χ3n) is 4.89. The van der Waals surface area contributed by atoms with Crippen molar-refractivity contribution in [3.63, 3.8) is 0 Å². The van der Waals surface area contributed by atoms with E-state index in [1.54, 1.807) is 16.8 Å². The van der Waals surface area contributed by atoms with E-state index >= 15 is 0 Å². The van der Waals surface area contributed by atoms with Gasteiger partial charge in [0.25, 0.3) is 5.91 Å². The number of halogens is 1. The van der Waals surface area contributed by atoms with Gasteiger partial charge in [0.1, 0.15) is 5.82 Å². The van der Waals surface area contributed by atoms with Crippen molar-refractivity contribution in [1.82, 2.24) is 14.8 Å². The van der Waals surface area contributed by atoms with Crippen LogP contribution >= 0.6 is 0 Å². The minimum Gasteiger partial charge on any atom is -0.319 e. The van der Waals surface area contributed by atoms with Gasteiger partial charge in [-0.25, -0.2) is 14.1 Å². The minimum absolute atomic E-state index is 0.0394. The lowest BCUT2D eigenvalue weighted by Crippen LogP contribution is -2.15. The first-order valence-corrected chi connectivity index (χ1v) is 9.60. The number of rotatable bonds is 4. The van der Waals surface area contributed by atoms with Crippen LogP contribution in [0.15, 0.2) is 66.7 Å². The second-order valence-electron chi connectivity index (χ2n) is 7.24. The molecule has 0 aliphatic carbocycles. The lowest BCUT2D eigenvalue weighted by atomic mass is 10.1. The molecule has 4 aromatic rings. The van der Waals surface area contributed by atoms with Crippen molar-refractivity contribution in [2.24, 2.45) is 0 Å². The number of hydrogen-bond donors (Lipinski definition) is 1. The number of nitrogens with zero attached hydrogens (tertiary/aromatic N) is 3. The molecule has 4 rings (SSSR count). The van der Waals surface area contributed by atoms with Crippen molar-refractivity contribution >= 4 is 11.6 Å². The fourth-order valence-electron chi connectivity index (χ4n) is 3.30. The van der Waals surface area contributed by atoms with E-state index < -0.39 is 5.91 Å². The summed E-state index contributed by atoms with van der Waals surface area (Å²) in [5, 5.41) is 7.37. The zero-order valence-corrected chi connectivity index (χ0v) is 17.0. The molecule has 0 atom stereocenters. The molecule has 30 heavy (non-hydrogen) atoms. The molecule has 5 nitrogen and oxygen atoms in total. The number of benzene rings is 3. The number of hydrogen-bond acceptors (Lipinski definition) is 3. The van der Waals surface area contributed by atoms with Gasteiger partial charge in [0.15, 0.2) is 5.82 Å². The van der Waals surface area contributed by atoms with Gasteiger partial charge in [0.2, 0.25) is 5.82 Å². The van der Waals surface area contributed by atoms with E-state index in [1.165, 1.54) is 12.1 Å². The number of carbonyl (C=O) groups excluding carboxylic acids is 1. The molecular weight excluding hydrogens is 379 g/mol. The smallest absolute Gasteiger partial charge is 0.295 e. The summed E-state index contributed by atoms with van der Waals surface area (Å²) in [6.45, 7) is 5.89. The third kappa shape index (κ3) is 3.85. The summed E-state index contributed by atoms with van der Waals surface area (Å²) >= 11 is 0. The first kappa shape index (κ1) is 19.5. The first-order chi connectivity index (χ1) is 14.4. The van der Waals surface area contributed by atoms with Crippen LogP contribution in [0.1, 0.15) is 27.3 Å². The summed E-state index contributed by atoms with van der Waals surface area (Å²) in [5.41, 5.74) is 5.23. The van der Waals surface area contributed by atoms with E-state index in [4.69, 9.17) is 0 Å². The Labute approximate surface area is 174 Å². The highest BCUT2D eigenvalue weighted by Crippen LogP contribution is 2.24. The second-order valence-corrected chi connectivity index (χ2v) is 7.24. The number of nitrogens with one attached hydrogen (secondary N) is 1. The van der Waals surface area contributed by atoms with Gasteiger partial charge >= 0.3 is 0 Å². The zero-order chi connectivity index (χ0) is 21.3. The Morgan fingerprint density at radius 2 is 1.67 bits per heavy atom. The van der Waals surface area contributed by atoms with Crippen LogP contribution in [0.5, 0.6) is 0 Å². The van der Waals surface area contributed by atoms with Crippen molar-refractivity contribution in [3.8, 4) is 17.1 Å². The predicted molar refractivity (Wildman–Crippen MR) is 115 cm³/mol. The number of amides is 1. The first-order valence-electron chi connectivity index (χ1n) is 9.60. The Hall–Kier alpha value is -3.80. The van der Waals surface area contributed by atoms with Crippen LogP contribution in [0.3, 0.4) is 0 Å². The number of aryl methyl sites for hydroxylation is 3. The van der Waals surface area contributed by atoms with E-state index in [1.807, 2.05) is 63.2 Å². The van der Waals surface area contributed by atoms with Crippen LogP contribution in [0, 0.1) is 26.6 Å². The maximum atomic E-state index is 13.4. The van der Waals surface area contributed by atoms with E-state index in [9.17, 15) is 9.18 Å². The molecule has 1 heterocycles. The number of anilines is 1. The maximum Gasteiger partial charge on any atom is 0.295 e. The van der Waals surface area contributed by atoms with Gasteiger partial charge < -0.3 is 5.32 Å². The third-order valence-corrected chi connectivity index (χ3v) is 4.89. The maximum absolute atomic E-state index is 13.4. The summed E-state index contributed by atoms with van der Waals surface area (Å²) in [6.07, 6.45) is 0. The summed E-state index contributed by atoms with van der Waals surface area (Å²) in [7, 11) is 0. The topological polar surface area (TPSA) is 59.8 Å². The highest BCUT2D eigenvalue weighted by molar-refractivity contribution is 6.02. The van der Waals surface area contributed by atoms with Crippen molar-refractivity contribution in [3.05, 3.63) is 95.1 Å². The molecule has 0 bridgehead atoms. The molecule has 1 amide bonds. The molecule has 0 aliphatic heterocycles. The number of aromatic nitrogens is 3. The summed E-state index contributed by atoms with van der Waals surface area (Å²) in [4.78, 5) is 17.4. The van der Waals surface area contributed by atoms with E-state index in [-0.39, 0.29) is 11.6 Å². The average molecular weight is 400 g/mol. The lowest BCUT2D eigenvalue weighted by molar-refractivity contribution is 0.101. The van der Waals surface area contributed by atoms with Crippen molar-refractivity contribution in [1.29, 1.82) is 0 Å². The van der Waals surface area contributed by atoms with E-state index in [0.717, 1.165) is 22.4 Å². The van der Waals surface area contributed by atoms with Crippen LogP contribution < -0.4 is 5.32 Å². The van der Waals surface area contributed by atoms with E-state index in [2.05, 4.69) is 15.4 Å². The van der Waals surface area contributed by atoms with Gasteiger partial charge in [-0.15, -0.1) is 5.10 Å². The lowest BCUT2D eigenvalue weighted by Gasteiger charge is -2.08. The summed E-state index contributed by atoms with van der Waals surface area (Å²) in [6, 6.07) is 19.5. The predicted octanol–water partition coefficient (Wildman–Crippen LogP) is 5.25. The average Bonchev–Trinajstić information content (AvgIpc) is 3.16. The van der Waals surface area contributed by atoms with Crippen molar-refractivity contribution < 1.29 is 9.18 Å². The fraction of sp³-hybridized carbons (Fsp3) is 0.125. The van der Waals surface area contributed by atoms with Gasteiger partial charge in [-0.1, -0.05) is 35.9 Å². The molecule has 3 aromatic carbocycles. The largest absolute Gasteiger partial charge is 0.319 e. The monoisotopic (exact) mass is 400 g/mol. The summed E-state index contributed by atoms with van der Waals surface area (Å²) < 4.78 is 15.0. The van der Waals surface area contributed by atoms with Crippen LogP contribution in [0.25, 0.3) is 17.1 Å². The van der Waals surface area contributed by atoms with Crippen LogP contribution in [0.2, 0.25) is 0 Å². The molecule has 0 saturated carbocycles. The van der Waals surface area contributed by atoms with Gasteiger partial charge in [0, 0.05) is 11.3 Å². The van der Waals surface area contributed by atoms with Crippen LogP contribution in [0.4, 0.5) is 10.1 Å². The van der Waals surface area contributed by atoms with Crippen molar-refractivity contribution in [2.45, 2.75) is 20.8 Å². The Kier molecular flexibility index (Phi) is 5.14. The standard InChI is InChI=1S/C24H21FN4O/c1-15-8-13-20(17(3)14-15)26-24(30)22-27-23(18-9-11-19(25)12-10-18)29(28-22)21-7-5-4-6-16(21)2/h4-14H,1-3H3,(H,26,30). The van der Waals surface area contributed by atoms with Gasteiger partial charge in [0.05, 0.1) is 5.69 Å². The van der Waals surface area contributed by atoms with E-state index in [0.29, 0.717) is 17.1 Å². The van der Waals surface area contributed by atoms with Gasteiger partial charge in [-0.3, -0.25) is 4.79 Å². The fourth-order valence-corrected chi connectivity index (χ4v) is 3.30. The number of carbonyl (C=O) groups is 1. The van der Waals surface area contributed by atoms with Crippen LogP contribution in [-0.4, -0.2) is 20.7 Å². The molecule has 0 radical (unpaired) electrons. The molecule has 0 saturated heterocycles. The van der Waals surface area contributed by atoms with Gasteiger partial charge in [-0.2, -0.15) is 0 Å².